The monoisotopic (exact) mass is 417 g/mol. The Labute approximate surface area is 182 Å². The number of para-hydroxylation sites is 3. The Kier molecular flexibility index (Phi) is 6.38. The van der Waals surface area contributed by atoms with E-state index in [4.69, 9.17) is 9.47 Å². The Morgan fingerprint density at radius 1 is 1.10 bits per heavy atom. The number of carbonyl (C=O) groups excluding carboxylic acids is 1. The number of hydrogen-bond acceptors (Lipinski definition) is 4. The second-order valence-electron chi connectivity index (χ2n) is 7.52. The topological polar surface area (TPSA) is 62.8 Å². The molecular weight excluding hydrogens is 390 g/mol. The lowest BCUT2D eigenvalue weighted by atomic mass is 10.1. The average Bonchev–Trinajstić information content (AvgIpc) is 2.82. The summed E-state index contributed by atoms with van der Waals surface area (Å²) in [6, 6.07) is 25.0. The zero-order chi connectivity index (χ0) is 21.6. The average molecular weight is 418 g/mol. The first-order chi connectivity index (χ1) is 15.1. The molecule has 1 aliphatic rings. The van der Waals surface area contributed by atoms with Gasteiger partial charge >= 0.3 is 6.03 Å². The summed E-state index contributed by atoms with van der Waals surface area (Å²) in [5, 5.41) is 6.49. The predicted molar refractivity (Wildman–Crippen MR) is 123 cm³/mol. The molecule has 3 aromatic rings. The number of anilines is 2. The molecule has 160 valence electrons. The van der Waals surface area contributed by atoms with Crippen LogP contribution in [0.25, 0.3) is 0 Å². The molecule has 3 aromatic carbocycles. The van der Waals surface area contributed by atoms with E-state index in [0.717, 1.165) is 22.7 Å². The van der Waals surface area contributed by atoms with Gasteiger partial charge in [-0.25, -0.2) is 4.79 Å². The smallest absolute Gasteiger partial charge is 0.326 e. The molecule has 31 heavy (non-hydrogen) atoms. The molecule has 0 spiro atoms. The molecule has 2 N–H and O–H groups in total. The van der Waals surface area contributed by atoms with Gasteiger partial charge in [-0.05, 0) is 48.9 Å². The van der Waals surface area contributed by atoms with Crippen molar-refractivity contribution in [3.8, 4) is 11.5 Å². The number of urea groups is 1. The van der Waals surface area contributed by atoms with Gasteiger partial charge in [0.05, 0.1) is 19.3 Å². The van der Waals surface area contributed by atoms with Crippen LogP contribution >= 0.6 is 0 Å². The minimum Gasteiger partial charge on any atom is -0.497 e. The lowest BCUT2D eigenvalue weighted by Crippen LogP contribution is -2.49. The van der Waals surface area contributed by atoms with Crippen molar-refractivity contribution in [3.63, 3.8) is 0 Å². The van der Waals surface area contributed by atoms with E-state index < -0.39 is 0 Å². The lowest BCUT2D eigenvalue weighted by Gasteiger charge is -2.35. The number of amides is 2. The van der Waals surface area contributed by atoms with Crippen LogP contribution in [0.3, 0.4) is 0 Å². The number of carbonyl (C=O) groups is 1. The number of fused-ring (bicyclic) bond motifs is 1. The highest BCUT2D eigenvalue weighted by Crippen LogP contribution is 2.33. The minimum atomic E-state index is -0.176. The van der Waals surface area contributed by atoms with E-state index in [1.54, 1.807) is 12.0 Å². The van der Waals surface area contributed by atoms with Gasteiger partial charge in [0.15, 0.2) is 0 Å². The van der Waals surface area contributed by atoms with Gasteiger partial charge in [-0.15, -0.1) is 0 Å². The summed E-state index contributed by atoms with van der Waals surface area (Å²) < 4.78 is 11.5. The Morgan fingerprint density at radius 3 is 2.68 bits per heavy atom. The van der Waals surface area contributed by atoms with E-state index in [-0.39, 0.29) is 18.2 Å². The zero-order valence-electron chi connectivity index (χ0n) is 17.7. The van der Waals surface area contributed by atoms with Gasteiger partial charge in [0.25, 0.3) is 0 Å². The summed E-state index contributed by atoms with van der Waals surface area (Å²) in [6.07, 6.45) is -0.176. The van der Waals surface area contributed by atoms with Crippen LogP contribution in [-0.2, 0) is 0 Å². The Balaban J connectivity index is 1.45. The SMILES string of the molecule is COc1cccc(C(C)NCC2CN(C(=O)Nc3ccccc3)c3ccccc3O2)c1. The van der Waals surface area contributed by atoms with E-state index in [2.05, 4.69) is 23.6 Å². The third-order valence-corrected chi connectivity index (χ3v) is 5.35. The molecule has 1 aliphatic heterocycles. The molecule has 6 nitrogen and oxygen atoms in total. The van der Waals surface area contributed by atoms with Crippen LogP contribution in [0.15, 0.2) is 78.9 Å². The molecule has 4 rings (SSSR count). The van der Waals surface area contributed by atoms with E-state index in [0.29, 0.717) is 18.8 Å². The number of nitrogens with one attached hydrogen (secondary N) is 2. The first-order valence-corrected chi connectivity index (χ1v) is 10.4. The van der Waals surface area contributed by atoms with Gasteiger partial charge in [-0.2, -0.15) is 0 Å². The molecule has 2 amide bonds. The van der Waals surface area contributed by atoms with E-state index in [1.165, 1.54) is 0 Å². The number of hydrogen-bond donors (Lipinski definition) is 2. The number of nitrogens with zero attached hydrogens (tertiary/aromatic N) is 1. The molecule has 0 radical (unpaired) electrons. The predicted octanol–water partition coefficient (Wildman–Crippen LogP) is 4.85. The number of rotatable bonds is 6. The molecule has 0 aromatic heterocycles. The number of benzene rings is 3. The summed E-state index contributed by atoms with van der Waals surface area (Å²) >= 11 is 0. The lowest BCUT2D eigenvalue weighted by molar-refractivity contribution is 0.185. The molecule has 2 atom stereocenters. The molecule has 0 bridgehead atoms. The van der Waals surface area contributed by atoms with Crippen molar-refractivity contribution in [2.24, 2.45) is 0 Å². The number of methoxy groups -OCH3 is 1. The molecule has 0 saturated heterocycles. The van der Waals surface area contributed by atoms with Gasteiger partial charge in [0, 0.05) is 18.3 Å². The second-order valence-corrected chi connectivity index (χ2v) is 7.52. The Hall–Kier alpha value is -3.51. The van der Waals surface area contributed by atoms with Crippen molar-refractivity contribution in [1.82, 2.24) is 5.32 Å². The van der Waals surface area contributed by atoms with Crippen LogP contribution < -0.4 is 25.0 Å². The summed E-state index contributed by atoms with van der Waals surface area (Å²) in [5.74, 6) is 1.54. The van der Waals surface area contributed by atoms with Gasteiger partial charge < -0.3 is 20.1 Å². The third kappa shape index (κ3) is 4.98. The fraction of sp³-hybridized carbons (Fsp3) is 0.240. The molecule has 0 saturated carbocycles. The summed E-state index contributed by atoms with van der Waals surface area (Å²) in [5.41, 5.74) is 2.67. The molecule has 2 unspecified atom stereocenters. The van der Waals surface area contributed by atoms with Gasteiger partial charge in [-0.1, -0.05) is 42.5 Å². The highest BCUT2D eigenvalue weighted by atomic mass is 16.5. The van der Waals surface area contributed by atoms with Crippen LogP contribution in [0.1, 0.15) is 18.5 Å². The standard InChI is InChI=1S/C25H27N3O3/c1-18(19-9-8-12-21(15-19)30-2)26-16-22-17-28(23-13-6-7-14-24(23)31-22)25(29)27-20-10-4-3-5-11-20/h3-15,18,22,26H,16-17H2,1-2H3,(H,27,29). The molecule has 1 heterocycles. The van der Waals surface area contributed by atoms with Crippen molar-refractivity contribution >= 4 is 17.4 Å². The van der Waals surface area contributed by atoms with Gasteiger partial charge in [-0.3, -0.25) is 4.90 Å². The highest BCUT2D eigenvalue weighted by molar-refractivity contribution is 6.03. The third-order valence-electron chi connectivity index (χ3n) is 5.35. The fourth-order valence-electron chi connectivity index (χ4n) is 3.65. The largest absolute Gasteiger partial charge is 0.497 e. The number of ether oxygens (including phenoxy) is 2. The maximum Gasteiger partial charge on any atom is 0.326 e. The van der Waals surface area contributed by atoms with E-state index in [1.807, 2.05) is 72.8 Å². The molecular formula is C25H27N3O3. The quantitative estimate of drug-likeness (QED) is 0.602. The first-order valence-electron chi connectivity index (χ1n) is 10.4. The fourth-order valence-corrected chi connectivity index (χ4v) is 3.65. The Bertz CT molecular complexity index is 1030. The summed E-state index contributed by atoms with van der Waals surface area (Å²) in [4.78, 5) is 14.8. The Morgan fingerprint density at radius 2 is 1.87 bits per heavy atom. The minimum absolute atomic E-state index is 0.113. The van der Waals surface area contributed by atoms with Crippen LogP contribution in [0.4, 0.5) is 16.2 Å². The van der Waals surface area contributed by atoms with Crippen LogP contribution in [0, 0.1) is 0 Å². The second kappa shape index (κ2) is 9.53. The summed E-state index contributed by atoms with van der Waals surface area (Å²) in [6.45, 7) is 3.15. The van der Waals surface area contributed by atoms with Crippen molar-refractivity contribution in [2.75, 3.05) is 30.4 Å². The van der Waals surface area contributed by atoms with E-state index in [9.17, 15) is 4.79 Å². The van der Waals surface area contributed by atoms with E-state index >= 15 is 0 Å². The molecule has 0 aliphatic carbocycles. The molecule has 6 heteroatoms. The summed E-state index contributed by atoms with van der Waals surface area (Å²) in [7, 11) is 1.67. The van der Waals surface area contributed by atoms with Gasteiger partial charge in [0.1, 0.15) is 17.6 Å². The first kappa shape index (κ1) is 20.8. The van der Waals surface area contributed by atoms with Crippen LogP contribution in [0.2, 0.25) is 0 Å². The molecule has 0 fully saturated rings. The van der Waals surface area contributed by atoms with Gasteiger partial charge in [0.2, 0.25) is 0 Å². The van der Waals surface area contributed by atoms with Crippen molar-refractivity contribution < 1.29 is 14.3 Å². The van der Waals surface area contributed by atoms with Crippen molar-refractivity contribution in [3.05, 3.63) is 84.4 Å². The van der Waals surface area contributed by atoms with Crippen molar-refractivity contribution in [1.29, 1.82) is 0 Å². The zero-order valence-corrected chi connectivity index (χ0v) is 17.7. The maximum absolute atomic E-state index is 13.0. The van der Waals surface area contributed by atoms with Crippen LogP contribution in [-0.4, -0.2) is 32.3 Å². The van der Waals surface area contributed by atoms with Crippen molar-refractivity contribution in [2.45, 2.75) is 19.1 Å². The van der Waals surface area contributed by atoms with Crippen LogP contribution in [0.5, 0.6) is 11.5 Å². The highest BCUT2D eigenvalue weighted by Gasteiger charge is 2.30. The normalized spacial score (nSPS) is 16.1. The maximum atomic E-state index is 13.0.